The molecule has 2 amide bonds. The molecule has 1 aromatic carbocycles. The van der Waals surface area contributed by atoms with Crippen LogP contribution >= 0.6 is 22.6 Å². The van der Waals surface area contributed by atoms with Crippen molar-refractivity contribution < 1.29 is 34.1 Å². The van der Waals surface area contributed by atoms with Crippen LogP contribution in [0.5, 0.6) is 11.5 Å². The molecule has 10 heteroatoms. The van der Waals surface area contributed by atoms with Crippen molar-refractivity contribution in [2.45, 2.75) is 70.6 Å². The number of hydrogen-bond acceptors (Lipinski definition) is 7. The Hall–Kier alpha value is -2.18. The minimum absolute atomic E-state index is 0.0714. The van der Waals surface area contributed by atoms with Crippen molar-refractivity contribution >= 4 is 40.7 Å². The minimum Gasteiger partial charge on any atom is -0.493 e. The van der Waals surface area contributed by atoms with Crippen LogP contribution in [0.1, 0.15) is 62.7 Å². The Kier molecular flexibility index (Phi) is 11.4. The van der Waals surface area contributed by atoms with Gasteiger partial charge in [-0.25, -0.2) is 0 Å². The summed E-state index contributed by atoms with van der Waals surface area (Å²) in [4.78, 5) is 39.6. The first-order valence-corrected chi connectivity index (χ1v) is 14.4. The number of carbonyl (C=O) groups is 3. The first kappa shape index (κ1) is 30.4. The summed E-state index contributed by atoms with van der Waals surface area (Å²) in [6.07, 6.45) is 5.89. The van der Waals surface area contributed by atoms with Crippen LogP contribution in [0.15, 0.2) is 23.8 Å². The number of hydrogen-bond donors (Lipinski definition) is 3. The first-order chi connectivity index (χ1) is 18.2. The largest absolute Gasteiger partial charge is 0.493 e. The number of rotatable bonds is 11. The maximum absolute atomic E-state index is 13.5. The smallest absolute Gasteiger partial charge is 0.247 e. The Bertz CT molecular complexity index is 1020. The van der Waals surface area contributed by atoms with Gasteiger partial charge in [-0.15, -0.1) is 0 Å². The van der Waals surface area contributed by atoms with Crippen LogP contribution in [0.3, 0.4) is 0 Å². The number of ether oxygens (including phenoxy) is 2. The Morgan fingerprint density at radius 3 is 2.55 bits per heavy atom. The Morgan fingerprint density at radius 1 is 1.24 bits per heavy atom. The van der Waals surface area contributed by atoms with Gasteiger partial charge in [-0.3, -0.25) is 14.4 Å². The third-order valence-corrected chi connectivity index (χ3v) is 8.01. The molecule has 0 heterocycles. The van der Waals surface area contributed by atoms with E-state index in [1.807, 2.05) is 36.4 Å². The van der Waals surface area contributed by atoms with Crippen LogP contribution in [0.4, 0.5) is 0 Å². The fraction of sp³-hybridized carbons (Fsp3) is 0.607. The maximum Gasteiger partial charge on any atom is 0.247 e. The van der Waals surface area contributed by atoms with Gasteiger partial charge in [0.05, 0.1) is 23.3 Å². The molecular weight excluding hydrogens is 603 g/mol. The van der Waals surface area contributed by atoms with Gasteiger partial charge in [0.2, 0.25) is 11.8 Å². The molecule has 38 heavy (non-hydrogen) atoms. The number of aldehydes is 1. The number of aliphatic hydroxyl groups excluding tert-OH is 2. The van der Waals surface area contributed by atoms with E-state index < -0.39 is 18.2 Å². The monoisotopic (exact) mass is 642 g/mol. The molecule has 3 N–H and O–H groups in total. The fourth-order valence-electron chi connectivity index (χ4n) is 5.21. The van der Waals surface area contributed by atoms with Crippen LogP contribution in [-0.2, 0) is 9.59 Å². The number of nitrogens with zero attached hydrogens (tertiary/aromatic N) is 1. The van der Waals surface area contributed by atoms with Gasteiger partial charge in [0.1, 0.15) is 18.5 Å². The molecule has 0 aliphatic heterocycles. The fourth-order valence-corrected chi connectivity index (χ4v) is 5.96. The number of carbonyl (C=O) groups excluding carboxylic acids is 3. The van der Waals surface area contributed by atoms with E-state index in [-0.39, 0.29) is 37.3 Å². The summed E-state index contributed by atoms with van der Waals surface area (Å²) >= 11 is 2.04. The lowest BCUT2D eigenvalue weighted by atomic mass is 9.85. The number of methoxy groups -OCH3 is 1. The molecule has 0 unspecified atom stereocenters. The van der Waals surface area contributed by atoms with E-state index >= 15 is 0 Å². The molecule has 210 valence electrons. The molecule has 1 aromatic rings. The van der Waals surface area contributed by atoms with Crippen molar-refractivity contribution in [1.29, 1.82) is 0 Å². The molecule has 0 radical (unpaired) electrons. The first-order valence-electron chi connectivity index (χ1n) is 13.3. The summed E-state index contributed by atoms with van der Waals surface area (Å²) in [5, 5.41) is 23.5. The van der Waals surface area contributed by atoms with Crippen molar-refractivity contribution in [2.75, 3.05) is 26.8 Å². The lowest BCUT2D eigenvalue weighted by molar-refractivity contribution is -0.143. The van der Waals surface area contributed by atoms with Gasteiger partial charge in [-0.2, -0.15) is 0 Å². The summed E-state index contributed by atoms with van der Waals surface area (Å²) in [5.41, 5.74) is 0.795. The van der Waals surface area contributed by atoms with E-state index in [9.17, 15) is 24.6 Å². The van der Waals surface area contributed by atoms with Crippen LogP contribution in [-0.4, -0.2) is 78.3 Å². The Morgan fingerprint density at radius 2 is 1.95 bits per heavy atom. The van der Waals surface area contributed by atoms with E-state index in [1.165, 1.54) is 13.5 Å². The third kappa shape index (κ3) is 7.47. The quantitative estimate of drug-likeness (QED) is 0.250. The van der Waals surface area contributed by atoms with Crippen molar-refractivity contribution in [3.8, 4) is 11.5 Å². The second kappa shape index (κ2) is 14.3. The highest BCUT2D eigenvalue weighted by atomic mass is 127. The van der Waals surface area contributed by atoms with Crippen molar-refractivity contribution in [2.24, 2.45) is 11.8 Å². The molecule has 3 atom stereocenters. The van der Waals surface area contributed by atoms with E-state index in [2.05, 4.69) is 5.32 Å². The number of halogens is 1. The van der Waals surface area contributed by atoms with Gasteiger partial charge in [0, 0.05) is 36.6 Å². The number of nitrogens with one attached hydrogen (secondary N) is 1. The molecule has 0 aromatic heterocycles. The zero-order valence-electron chi connectivity index (χ0n) is 22.3. The third-order valence-electron chi connectivity index (χ3n) is 7.21. The maximum atomic E-state index is 13.5. The van der Waals surface area contributed by atoms with E-state index in [4.69, 9.17) is 9.47 Å². The Balaban J connectivity index is 2.00. The molecule has 1 saturated carbocycles. The SMILES string of the molecule is COc1cc(C=O)cc(I)c1O[C@H]1C=C(C(=O)NCCO)C[C@@H](N(CC2CCCCC2)C(=O)C(C)C)[C@@H]1O. The molecule has 2 aliphatic rings. The van der Waals surface area contributed by atoms with Gasteiger partial charge in [-0.1, -0.05) is 33.1 Å². The number of aliphatic hydroxyl groups is 2. The van der Waals surface area contributed by atoms with Gasteiger partial charge < -0.3 is 29.9 Å². The lowest BCUT2D eigenvalue weighted by Gasteiger charge is -2.43. The van der Waals surface area contributed by atoms with Crippen molar-refractivity contribution in [3.63, 3.8) is 0 Å². The summed E-state index contributed by atoms with van der Waals surface area (Å²) in [6.45, 7) is 4.08. The molecule has 9 nitrogen and oxygen atoms in total. The molecule has 3 rings (SSSR count). The average Bonchev–Trinajstić information content (AvgIpc) is 2.92. The van der Waals surface area contributed by atoms with Gasteiger partial charge >= 0.3 is 0 Å². The summed E-state index contributed by atoms with van der Waals surface area (Å²) in [7, 11) is 1.46. The normalized spacial score (nSPS) is 22.0. The van der Waals surface area contributed by atoms with Crippen molar-refractivity contribution in [1.82, 2.24) is 10.2 Å². The van der Waals surface area contributed by atoms with Crippen LogP contribution < -0.4 is 14.8 Å². The van der Waals surface area contributed by atoms with Gasteiger partial charge in [-0.05, 0) is 59.6 Å². The molecule has 1 fully saturated rings. The van der Waals surface area contributed by atoms with Gasteiger partial charge in [0.15, 0.2) is 11.5 Å². The zero-order valence-corrected chi connectivity index (χ0v) is 24.5. The zero-order chi connectivity index (χ0) is 27.8. The van der Waals surface area contributed by atoms with E-state index in [1.54, 1.807) is 23.1 Å². The highest BCUT2D eigenvalue weighted by Gasteiger charge is 2.42. The van der Waals surface area contributed by atoms with Crippen LogP contribution in [0, 0.1) is 15.4 Å². The highest BCUT2D eigenvalue weighted by molar-refractivity contribution is 14.1. The molecular formula is C28H39IN2O7. The number of amides is 2. The topological polar surface area (TPSA) is 125 Å². The summed E-state index contributed by atoms with van der Waals surface area (Å²) in [5.74, 6) is 0.274. The molecule has 0 bridgehead atoms. The minimum atomic E-state index is -1.11. The average molecular weight is 643 g/mol. The predicted molar refractivity (Wildman–Crippen MR) is 151 cm³/mol. The predicted octanol–water partition coefficient (Wildman–Crippen LogP) is 3.09. The Labute approximate surface area is 238 Å². The van der Waals surface area contributed by atoms with Crippen molar-refractivity contribution in [3.05, 3.63) is 32.9 Å². The summed E-state index contributed by atoms with van der Waals surface area (Å²) < 4.78 is 12.3. The second-order valence-corrected chi connectivity index (χ2v) is 11.5. The van der Waals surface area contributed by atoms with Crippen LogP contribution in [0.25, 0.3) is 0 Å². The van der Waals surface area contributed by atoms with Crippen LogP contribution in [0.2, 0.25) is 0 Å². The molecule has 2 aliphatic carbocycles. The van der Waals surface area contributed by atoms with E-state index in [0.29, 0.717) is 45.0 Å². The lowest BCUT2D eigenvalue weighted by Crippen LogP contribution is -2.57. The second-order valence-electron chi connectivity index (χ2n) is 10.3. The standard InChI is InChI=1S/C28H39IN2O7/c1-17(2)28(36)31(15-18-7-5-4-6-8-18)22-13-20(27(35)30-9-10-32)14-23(25(22)34)38-26-21(29)11-19(16-33)12-24(26)37-3/h11-12,14,16-18,22-23,25,32,34H,4-10,13,15H2,1-3H3,(H,30,35)/t22-,23+,25+/m1/s1. The molecule has 0 spiro atoms. The molecule has 0 saturated heterocycles. The summed E-state index contributed by atoms with van der Waals surface area (Å²) in [6, 6.07) is 2.52. The van der Waals surface area contributed by atoms with E-state index in [0.717, 1.165) is 25.7 Å². The number of benzene rings is 1. The van der Waals surface area contributed by atoms with Gasteiger partial charge in [0.25, 0.3) is 0 Å². The highest BCUT2D eigenvalue weighted by Crippen LogP contribution is 2.37.